The van der Waals surface area contributed by atoms with Crippen molar-refractivity contribution < 1.29 is 9.13 Å². The van der Waals surface area contributed by atoms with Gasteiger partial charge in [0.25, 0.3) is 0 Å². The Balaban J connectivity index is 3.14. The predicted molar refractivity (Wildman–Crippen MR) is 64.0 cm³/mol. The van der Waals surface area contributed by atoms with E-state index in [1.807, 2.05) is 13.8 Å². The molecule has 0 saturated carbocycles. The summed E-state index contributed by atoms with van der Waals surface area (Å²) in [7, 11) is 1.46. The fraction of sp³-hybridized carbons (Fsp3) is 0.538. The van der Waals surface area contributed by atoms with Crippen molar-refractivity contribution in [2.24, 2.45) is 11.1 Å². The first-order valence-corrected chi connectivity index (χ1v) is 5.52. The SMILES string of the molecule is CCC(C)(C)C(N)c1cccc(OC)c1F. The summed E-state index contributed by atoms with van der Waals surface area (Å²) in [5.41, 5.74) is 6.50. The first-order chi connectivity index (χ1) is 7.44. The Kier molecular flexibility index (Phi) is 3.92. The van der Waals surface area contributed by atoms with Crippen molar-refractivity contribution in [3.05, 3.63) is 29.6 Å². The van der Waals surface area contributed by atoms with Crippen LogP contribution in [0, 0.1) is 11.2 Å². The normalized spacial score (nSPS) is 13.6. The Hall–Kier alpha value is -1.09. The van der Waals surface area contributed by atoms with E-state index in [1.54, 1.807) is 18.2 Å². The Labute approximate surface area is 96.6 Å². The van der Waals surface area contributed by atoms with Gasteiger partial charge in [-0.15, -0.1) is 0 Å². The van der Waals surface area contributed by atoms with E-state index < -0.39 is 0 Å². The number of hydrogen-bond acceptors (Lipinski definition) is 2. The third-order valence-electron chi connectivity index (χ3n) is 3.30. The maximum atomic E-state index is 14.0. The number of rotatable bonds is 4. The molecule has 0 bridgehead atoms. The summed E-state index contributed by atoms with van der Waals surface area (Å²) in [6.45, 7) is 6.13. The maximum absolute atomic E-state index is 14.0. The molecule has 0 aliphatic heterocycles. The van der Waals surface area contributed by atoms with Crippen LogP contribution in [0.15, 0.2) is 18.2 Å². The van der Waals surface area contributed by atoms with Gasteiger partial charge in [0.05, 0.1) is 7.11 Å². The van der Waals surface area contributed by atoms with Crippen LogP contribution in [0.5, 0.6) is 5.75 Å². The van der Waals surface area contributed by atoms with E-state index in [1.165, 1.54) is 7.11 Å². The molecule has 0 fully saturated rings. The summed E-state index contributed by atoms with van der Waals surface area (Å²) in [6.07, 6.45) is 0.894. The van der Waals surface area contributed by atoms with Gasteiger partial charge in [-0.25, -0.2) is 4.39 Å². The van der Waals surface area contributed by atoms with Gasteiger partial charge in [0.2, 0.25) is 0 Å². The Morgan fingerprint density at radius 2 is 2.06 bits per heavy atom. The second-order valence-corrected chi connectivity index (χ2v) is 4.68. The number of ether oxygens (including phenoxy) is 1. The van der Waals surface area contributed by atoms with Crippen molar-refractivity contribution in [2.75, 3.05) is 7.11 Å². The molecule has 1 aromatic rings. The lowest BCUT2D eigenvalue weighted by Crippen LogP contribution is -2.29. The molecule has 1 unspecified atom stereocenters. The first kappa shape index (κ1) is 13.0. The first-order valence-electron chi connectivity index (χ1n) is 5.52. The number of halogens is 1. The van der Waals surface area contributed by atoms with E-state index in [0.29, 0.717) is 5.56 Å². The fourth-order valence-corrected chi connectivity index (χ4v) is 1.57. The lowest BCUT2D eigenvalue weighted by atomic mass is 9.79. The van der Waals surface area contributed by atoms with Crippen LogP contribution in [0.4, 0.5) is 4.39 Å². The third kappa shape index (κ3) is 2.35. The van der Waals surface area contributed by atoms with Crippen LogP contribution in [0.25, 0.3) is 0 Å². The standard InChI is InChI=1S/C13H20FNO/c1-5-13(2,3)12(15)9-7-6-8-10(16-4)11(9)14/h6-8,12H,5,15H2,1-4H3. The van der Waals surface area contributed by atoms with Gasteiger partial charge >= 0.3 is 0 Å². The molecule has 90 valence electrons. The van der Waals surface area contributed by atoms with Crippen LogP contribution in [0.3, 0.4) is 0 Å². The monoisotopic (exact) mass is 225 g/mol. The van der Waals surface area contributed by atoms with Gasteiger partial charge in [0.15, 0.2) is 11.6 Å². The van der Waals surface area contributed by atoms with Gasteiger partial charge in [-0.05, 0) is 17.9 Å². The Morgan fingerprint density at radius 3 is 2.56 bits per heavy atom. The van der Waals surface area contributed by atoms with Gasteiger partial charge in [0.1, 0.15) is 0 Å². The zero-order valence-corrected chi connectivity index (χ0v) is 10.4. The average molecular weight is 225 g/mol. The fourth-order valence-electron chi connectivity index (χ4n) is 1.57. The predicted octanol–water partition coefficient (Wildman–Crippen LogP) is 3.27. The highest BCUT2D eigenvalue weighted by Gasteiger charge is 2.28. The lowest BCUT2D eigenvalue weighted by molar-refractivity contribution is 0.270. The van der Waals surface area contributed by atoms with E-state index in [4.69, 9.17) is 10.5 Å². The highest BCUT2D eigenvalue weighted by Crippen LogP contribution is 2.37. The van der Waals surface area contributed by atoms with E-state index in [0.717, 1.165) is 6.42 Å². The summed E-state index contributed by atoms with van der Waals surface area (Å²) in [4.78, 5) is 0. The number of methoxy groups -OCH3 is 1. The molecule has 0 aromatic heterocycles. The minimum atomic E-state index is -0.348. The molecule has 1 atom stereocenters. The van der Waals surface area contributed by atoms with Gasteiger partial charge in [0, 0.05) is 11.6 Å². The van der Waals surface area contributed by atoms with Crippen molar-refractivity contribution in [1.29, 1.82) is 0 Å². The van der Waals surface area contributed by atoms with E-state index >= 15 is 0 Å². The summed E-state index contributed by atoms with van der Waals surface area (Å²) in [5.74, 6) is -0.0983. The molecule has 0 heterocycles. The van der Waals surface area contributed by atoms with E-state index in [2.05, 4.69) is 6.92 Å². The van der Waals surface area contributed by atoms with Gasteiger partial charge < -0.3 is 10.5 Å². The highest BCUT2D eigenvalue weighted by atomic mass is 19.1. The Bertz CT molecular complexity index is 363. The van der Waals surface area contributed by atoms with Gasteiger partial charge in [-0.3, -0.25) is 0 Å². The third-order valence-corrected chi connectivity index (χ3v) is 3.30. The molecule has 3 heteroatoms. The van der Waals surface area contributed by atoms with Crippen LogP contribution < -0.4 is 10.5 Å². The van der Waals surface area contributed by atoms with Crippen molar-refractivity contribution in [3.63, 3.8) is 0 Å². The summed E-state index contributed by atoms with van der Waals surface area (Å²) in [6, 6.07) is 4.76. The molecular formula is C13H20FNO. The van der Waals surface area contributed by atoms with Crippen LogP contribution in [0.2, 0.25) is 0 Å². The Morgan fingerprint density at radius 1 is 1.44 bits per heavy atom. The van der Waals surface area contributed by atoms with Gasteiger partial charge in [-0.1, -0.05) is 32.9 Å². The molecule has 0 aliphatic carbocycles. The van der Waals surface area contributed by atoms with Crippen LogP contribution in [0.1, 0.15) is 38.8 Å². The maximum Gasteiger partial charge on any atom is 0.169 e. The highest BCUT2D eigenvalue weighted by molar-refractivity contribution is 5.33. The molecule has 0 aliphatic rings. The minimum Gasteiger partial charge on any atom is -0.494 e. The molecule has 1 rings (SSSR count). The molecule has 0 amide bonds. The van der Waals surface area contributed by atoms with Crippen molar-refractivity contribution in [1.82, 2.24) is 0 Å². The van der Waals surface area contributed by atoms with Crippen molar-refractivity contribution in [3.8, 4) is 5.75 Å². The second kappa shape index (κ2) is 4.83. The van der Waals surface area contributed by atoms with Crippen LogP contribution in [-0.2, 0) is 0 Å². The summed E-state index contributed by atoms with van der Waals surface area (Å²) >= 11 is 0. The average Bonchev–Trinajstić information content (AvgIpc) is 2.28. The molecule has 0 spiro atoms. The van der Waals surface area contributed by atoms with Crippen molar-refractivity contribution >= 4 is 0 Å². The van der Waals surface area contributed by atoms with Crippen LogP contribution >= 0.6 is 0 Å². The molecule has 16 heavy (non-hydrogen) atoms. The smallest absolute Gasteiger partial charge is 0.169 e. The summed E-state index contributed by atoms with van der Waals surface area (Å²) < 4.78 is 18.9. The molecule has 2 N–H and O–H groups in total. The molecule has 0 saturated heterocycles. The summed E-state index contributed by atoms with van der Waals surface area (Å²) in [5, 5.41) is 0. The molecule has 0 radical (unpaired) electrons. The zero-order valence-electron chi connectivity index (χ0n) is 10.4. The molecular weight excluding hydrogens is 205 g/mol. The topological polar surface area (TPSA) is 35.2 Å². The van der Waals surface area contributed by atoms with Crippen molar-refractivity contribution in [2.45, 2.75) is 33.2 Å². The number of hydrogen-bond donors (Lipinski definition) is 1. The molecule has 2 nitrogen and oxygen atoms in total. The largest absolute Gasteiger partial charge is 0.494 e. The number of nitrogens with two attached hydrogens (primary N) is 1. The minimum absolute atomic E-state index is 0.132. The number of benzene rings is 1. The van der Waals surface area contributed by atoms with Gasteiger partial charge in [-0.2, -0.15) is 0 Å². The quantitative estimate of drug-likeness (QED) is 0.853. The zero-order chi connectivity index (χ0) is 12.3. The van der Waals surface area contributed by atoms with E-state index in [-0.39, 0.29) is 23.0 Å². The lowest BCUT2D eigenvalue weighted by Gasteiger charge is -2.31. The van der Waals surface area contributed by atoms with E-state index in [9.17, 15) is 4.39 Å². The van der Waals surface area contributed by atoms with Crippen LogP contribution in [-0.4, -0.2) is 7.11 Å². The molecule has 1 aromatic carbocycles. The second-order valence-electron chi connectivity index (χ2n) is 4.68.